The quantitative estimate of drug-likeness (QED) is 0.355. The van der Waals surface area contributed by atoms with Crippen molar-refractivity contribution in [1.29, 1.82) is 0 Å². The standard InChI is InChI=1S/CH2O3.Al.Mg.H2O.5H/c2-1(3)4;;;;;;;;/h(H2,2,3,4);;;1H2;;;;;. The van der Waals surface area contributed by atoms with Crippen LogP contribution in [0.3, 0.4) is 0 Å². The molecule has 0 aromatic carbocycles. The van der Waals surface area contributed by atoms with Gasteiger partial charge in [0.2, 0.25) is 0 Å². The smallest absolute Gasteiger partial charge is 0.450 e. The fourth-order valence-corrected chi connectivity index (χ4v) is 0. The second-order valence-corrected chi connectivity index (χ2v) is 0.283. The molecule has 0 aliphatic carbocycles. The van der Waals surface area contributed by atoms with Crippen molar-refractivity contribution in [2.75, 3.05) is 0 Å². The molecule has 0 aromatic heterocycles. The summed E-state index contributed by atoms with van der Waals surface area (Å²) in [5.41, 5.74) is 0. The molecule has 0 aliphatic heterocycles. The van der Waals surface area contributed by atoms with Crippen LogP contribution in [0.15, 0.2) is 0 Å². The summed E-state index contributed by atoms with van der Waals surface area (Å²) in [5.74, 6) is 0. The van der Waals surface area contributed by atoms with E-state index < -0.39 is 6.16 Å². The Balaban J connectivity index is -0.0000000150. The first-order valence-electron chi connectivity index (χ1n) is 0.651. The summed E-state index contributed by atoms with van der Waals surface area (Å²) in [4.78, 5) is 8.56. The van der Waals surface area contributed by atoms with E-state index in [1.807, 2.05) is 0 Å². The monoisotopic (exact) mass is 136 g/mol. The molecule has 0 saturated carbocycles. The molecule has 0 fully saturated rings. The van der Waals surface area contributed by atoms with Crippen LogP contribution in [-0.4, -0.2) is 62.3 Å². The van der Waals surface area contributed by atoms with Gasteiger partial charge in [0.15, 0.2) is 17.4 Å². The number of hydrogen-bond acceptors (Lipinski definition) is 1. The van der Waals surface area contributed by atoms with Gasteiger partial charge >= 0.3 is 29.2 Å². The van der Waals surface area contributed by atoms with Gasteiger partial charge < -0.3 is 15.7 Å². The lowest BCUT2D eigenvalue weighted by atomic mass is 11.5. The largest absolute Gasteiger partial charge is 0.503 e. The van der Waals surface area contributed by atoms with Gasteiger partial charge in [0, 0.05) is 0 Å². The van der Waals surface area contributed by atoms with Crippen LogP contribution < -0.4 is 0 Å². The van der Waals surface area contributed by atoms with E-state index >= 15 is 0 Å². The van der Waals surface area contributed by atoms with Crippen molar-refractivity contribution >= 4 is 46.6 Å². The summed E-state index contributed by atoms with van der Waals surface area (Å²) in [5, 5.41) is 13.9. The van der Waals surface area contributed by atoms with Crippen molar-refractivity contribution in [3.8, 4) is 0 Å². The zero-order chi connectivity index (χ0) is 3.58. The van der Waals surface area contributed by atoms with Crippen molar-refractivity contribution in [2.24, 2.45) is 0 Å². The van der Waals surface area contributed by atoms with Gasteiger partial charge in [-0.15, -0.1) is 0 Å². The van der Waals surface area contributed by atoms with Crippen molar-refractivity contribution in [3.63, 3.8) is 0 Å². The minimum absolute atomic E-state index is 0. The molecule has 0 aromatic rings. The minimum atomic E-state index is -1.83. The highest BCUT2D eigenvalue weighted by molar-refractivity contribution is 5.76. The van der Waals surface area contributed by atoms with Gasteiger partial charge in [0.25, 0.3) is 0 Å². The zero-order valence-corrected chi connectivity index (χ0v) is 2.30. The van der Waals surface area contributed by atoms with Crippen molar-refractivity contribution in [3.05, 3.63) is 0 Å². The molecule has 0 saturated heterocycles. The number of carbonyl (C=O) groups is 1. The average molecular weight is 136 g/mol. The topological polar surface area (TPSA) is 89.0 Å². The molecule has 0 atom stereocenters. The van der Waals surface area contributed by atoms with E-state index in [4.69, 9.17) is 15.0 Å². The second kappa shape index (κ2) is 16.0. The van der Waals surface area contributed by atoms with Crippen LogP contribution >= 0.6 is 0 Å². The Morgan fingerprint density at radius 3 is 1.29 bits per heavy atom. The van der Waals surface area contributed by atoms with Crippen LogP contribution in [0.5, 0.6) is 0 Å². The van der Waals surface area contributed by atoms with Gasteiger partial charge in [0.1, 0.15) is 0 Å². The maximum absolute atomic E-state index is 8.56. The molecule has 42 valence electrons. The van der Waals surface area contributed by atoms with E-state index in [1.165, 1.54) is 0 Å². The molecular weight excluding hydrogens is 127 g/mol. The van der Waals surface area contributed by atoms with E-state index in [0.717, 1.165) is 0 Å². The van der Waals surface area contributed by atoms with Crippen molar-refractivity contribution in [2.45, 2.75) is 0 Å². The van der Waals surface area contributed by atoms with Crippen LogP contribution in [-0.2, 0) is 0 Å². The lowest BCUT2D eigenvalue weighted by molar-refractivity contribution is 0.137. The van der Waals surface area contributed by atoms with E-state index in [9.17, 15) is 0 Å². The third kappa shape index (κ3) is 479. The normalized spacial score (nSPS) is 3.43. The van der Waals surface area contributed by atoms with Gasteiger partial charge in [-0.1, -0.05) is 0 Å². The Morgan fingerprint density at radius 2 is 1.29 bits per heavy atom. The molecule has 0 amide bonds. The maximum atomic E-state index is 8.56. The first kappa shape index (κ1) is 25.8. The highest BCUT2D eigenvalue weighted by Gasteiger charge is 1.70. The zero-order valence-electron chi connectivity index (χ0n) is 2.30. The first-order valence-corrected chi connectivity index (χ1v) is 0.651. The fourth-order valence-electron chi connectivity index (χ4n) is 0. The molecule has 0 aliphatic rings. The molecule has 0 spiro atoms. The fraction of sp³-hybridized carbons (Fsp3) is 0. The molecule has 0 unspecified atom stereocenters. The van der Waals surface area contributed by atoms with Crippen LogP contribution in [0.1, 0.15) is 0 Å². The molecule has 0 radical (unpaired) electrons. The Kier molecular flexibility index (Phi) is 59.0. The molecule has 0 rings (SSSR count). The van der Waals surface area contributed by atoms with E-state index in [0.29, 0.717) is 0 Å². The second-order valence-electron chi connectivity index (χ2n) is 0.283. The van der Waals surface area contributed by atoms with Crippen molar-refractivity contribution in [1.82, 2.24) is 0 Å². The molecule has 4 nitrogen and oxygen atoms in total. The van der Waals surface area contributed by atoms with Gasteiger partial charge in [-0.05, 0) is 0 Å². The predicted molar refractivity (Wildman–Crippen MR) is 32.8 cm³/mol. The molecule has 6 heteroatoms. The third-order valence-electron chi connectivity index (χ3n) is 0. The molecule has 7 heavy (non-hydrogen) atoms. The number of hydrogen-bond donors (Lipinski definition) is 2. The van der Waals surface area contributed by atoms with E-state index in [1.54, 1.807) is 0 Å². The van der Waals surface area contributed by atoms with Crippen LogP contribution in [0, 0.1) is 0 Å². The Hall–Kier alpha value is 0.529. The van der Waals surface area contributed by atoms with Crippen LogP contribution in [0.4, 0.5) is 4.79 Å². The summed E-state index contributed by atoms with van der Waals surface area (Å²) < 4.78 is 0. The number of carboxylic acid groups (broad SMARTS) is 2. The lowest BCUT2D eigenvalue weighted by Crippen LogP contribution is -1.81. The minimum Gasteiger partial charge on any atom is -0.450 e. The SMILES string of the molecule is O.O=C(O)O.[AlH3].[MgH2]. The summed E-state index contributed by atoms with van der Waals surface area (Å²) >= 11 is 0. The maximum Gasteiger partial charge on any atom is 0.503 e. The van der Waals surface area contributed by atoms with Gasteiger partial charge in [-0.2, -0.15) is 0 Å². The third-order valence-corrected chi connectivity index (χ3v) is 0. The summed E-state index contributed by atoms with van der Waals surface area (Å²) in [7, 11) is 0. The predicted octanol–water partition coefficient (Wildman–Crippen LogP) is -2.70. The lowest BCUT2D eigenvalue weighted by Gasteiger charge is -1.60. The Bertz CT molecular complexity index is 34.7. The van der Waals surface area contributed by atoms with Gasteiger partial charge in [-0.3, -0.25) is 0 Å². The number of rotatable bonds is 0. The first-order chi connectivity index (χ1) is 1.73. The Morgan fingerprint density at radius 1 is 1.29 bits per heavy atom. The van der Waals surface area contributed by atoms with Gasteiger partial charge in [-0.25, -0.2) is 4.79 Å². The van der Waals surface area contributed by atoms with E-state index in [2.05, 4.69) is 0 Å². The molecular formula is CH9AlMgO4. The summed E-state index contributed by atoms with van der Waals surface area (Å²) in [6, 6.07) is 0. The molecule has 0 heterocycles. The highest BCUT2D eigenvalue weighted by atomic mass is 27.0. The van der Waals surface area contributed by atoms with Crippen molar-refractivity contribution < 1.29 is 20.5 Å². The van der Waals surface area contributed by atoms with Crippen LogP contribution in [0.2, 0.25) is 0 Å². The highest BCUT2D eigenvalue weighted by Crippen LogP contribution is 1.42. The molecule has 0 bridgehead atoms. The van der Waals surface area contributed by atoms with Gasteiger partial charge in [0.05, 0.1) is 0 Å². The average Bonchev–Trinajstić information content (AvgIpc) is 0.811. The summed E-state index contributed by atoms with van der Waals surface area (Å²) in [6.07, 6.45) is -1.83. The van der Waals surface area contributed by atoms with E-state index in [-0.39, 0.29) is 45.9 Å². The van der Waals surface area contributed by atoms with Crippen LogP contribution in [0.25, 0.3) is 0 Å². The summed E-state index contributed by atoms with van der Waals surface area (Å²) in [6.45, 7) is 0. The Labute approximate surface area is 67.1 Å². The molecule has 4 N–H and O–H groups in total.